The van der Waals surface area contributed by atoms with Crippen LogP contribution in [0.25, 0.3) is 0 Å². The highest BCUT2D eigenvalue weighted by Gasteiger charge is 2.29. The van der Waals surface area contributed by atoms with Crippen molar-refractivity contribution < 1.29 is 14.3 Å². The maximum Gasteiger partial charge on any atom is 0.240 e. The van der Waals surface area contributed by atoms with Crippen LogP contribution >= 0.6 is 12.4 Å². The molecule has 2 N–H and O–H groups in total. The summed E-state index contributed by atoms with van der Waals surface area (Å²) in [4.78, 5) is 25.5. The van der Waals surface area contributed by atoms with E-state index < -0.39 is 6.04 Å². The van der Waals surface area contributed by atoms with E-state index in [1.165, 1.54) is 0 Å². The number of hydrogen-bond acceptors (Lipinski definition) is 4. The van der Waals surface area contributed by atoms with Gasteiger partial charge in [0, 0.05) is 32.8 Å². The zero-order valence-electron chi connectivity index (χ0n) is 11.9. The van der Waals surface area contributed by atoms with Gasteiger partial charge in [0.05, 0.1) is 19.1 Å². The molecule has 1 atom stereocenters. The van der Waals surface area contributed by atoms with Crippen molar-refractivity contribution in [2.75, 3.05) is 39.4 Å². The third-order valence-corrected chi connectivity index (χ3v) is 2.92. The Kier molecular flexibility index (Phi) is 10.1. The van der Waals surface area contributed by atoms with Crippen LogP contribution in [-0.2, 0) is 14.3 Å². The first-order chi connectivity index (χ1) is 9.19. The molecule has 1 unspecified atom stereocenters. The van der Waals surface area contributed by atoms with Crippen LogP contribution in [0.2, 0.25) is 0 Å². The number of nitrogens with zero attached hydrogens (tertiary/aromatic N) is 1. The SMILES string of the molecule is C=CCNC(=O)CC1NCCN(CCOCC)C1=O.Cl. The summed E-state index contributed by atoms with van der Waals surface area (Å²) in [7, 11) is 0. The van der Waals surface area contributed by atoms with Crippen molar-refractivity contribution in [2.45, 2.75) is 19.4 Å². The summed E-state index contributed by atoms with van der Waals surface area (Å²) < 4.78 is 5.25. The molecule has 2 amide bonds. The van der Waals surface area contributed by atoms with Gasteiger partial charge in [-0.1, -0.05) is 6.08 Å². The molecule has 7 heteroatoms. The van der Waals surface area contributed by atoms with Crippen molar-refractivity contribution >= 4 is 24.2 Å². The van der Waals surface area contributed by atoms with E-state index in [0.29, 0.717) is 39.4 Å². The minimum Gasteiger partial charge on any atom is -0.380 e. The number of hydrogen-bond donors (Lipinski definition) is 2. The highest BCUT2D eigenvalue weighted by Crippen LogP contribution is 2.05. The van der Waals surface area contributed by atoms with Gasteiger partial charge in [0.25, 0.3) is 0 Å². The molecule has 116 valence electrons. The number of nitrogens with one attached hydrogen (secondary N) is 2. The summed E-state index contributed by atoms with van der Waals surface area (Å²) in [6.07, 6.45) is 1.78. The molecule has 6 nitrogen and oxygen atoms in total. The Bertz CT molecular complexity index is 326. The molecule has 20 heavy (non-hydrogen) atoms. The summed E-state index contributed by atoms with van der Waals surface area (Å²) in [5.41, 5.74) is 0. The second-order valence-electron chi connectivity index (χ2n) is 4.33. The average Bonchev–Trinajstić information content (AvgIpc) is 2.41. The van der Waals surface area contributed by atoms with Gasteiger partial charge in [0.2, 0.25) is 11.8 Å². The van der Waals surface area contributed by atoms with Gasteiger partial charge in [0.15, 0.2) is 0 Å². The van der Waals surface area contributed by atoms with E-state index >= 15 is 0 Å². The summed E-state index contributed by atoms with van der Waals surface area (Å²) in [5.74, 6) is -0.169. The predicted octanol–water partition coefficient (Wildman–Crippen LogP) is -0.0626. The molecule has 0 bridgehead atoms. The van der Waals surface area contributed by atoms with Gasteiger partial charge in [-0.15, -0.1) is 19.0 Å². The van der Waals surface area contributed by atoms with Gasteiger partial charge >= 0.3 is 0 Å². The van der Waals surface area contributed by atoms with Crippen LogP contribution in [0, 0.1) is 0 Å². The second-order valence-corrected chi connectivity index (χ2v) is 4.33. The van der Waals surface area contributed by atoms with Crippen LogP contribution in [0.3, 0.4) is 0 Å². The molecule has 1 fully saturated rings. The van der Waals surface area contributed by atoms with Gasteiger partial charge in [0.1, 0.15) is 0 Å². The van der Waals surface area contributed by atoms with E-state index in [-0.39, 0.29) is 30.6 Å². The lowest BCUT2D eigenvalue weighted by Gasteiger charge is -2.32. The van der Waals surface area contributed by atoms with E-state index in [1.807, 2.05) is 6.92 Å². The molecule has 1 heterocycles. The van der Waals surface area contributed by atoms with Crippen molar-refractivity contribution in [3.63, 3.8) is 0 Å². The highest BCUT2D eigenvalue weighted by atomic mass is 35.5. The number of rotatable bonds is 8. The Morgan fingerprint density at radius 1 is 1.65 bits per heavy atom. The fraction of sp³-hybridized carbons (Fsp3) is 0.692. The zero-order chi connectivity index (χ0) is 14.1. The van der Waals surface area contributed by atoms with Crippen LogP contribution in [0.15, 0.2) is 12.7 Å². The smallest absolute Gasteiger partial charge is 0.240 e. The van der Waals surface area contributed by atoms with Crippen molar-refractivity contribution in [1.82, 2.24) is 15.5 Å². The van der Waals surface area contributed by atoms with Crippen molar-refractivity contribution in [2.24, 2.45) is 0 Å². The normalized spacial score (nSPS) is 18.4. The van der Waals surface area contributed by atoms with E-state index in [2.05, 4.69) is 17.2 Å². The molecule has 1 aliphatic rings. The lowest BCUT2D eigenvalue weighted by atomic mass is 10.1. The summed E-state index contributed by atoms with van der Waals surface area (Å²) in [5, 5.41) is 5.75. The van der Waals surface area contributed by atoms with Gasteiger partial charge in [-0.05, 0) is 6.92 Å². The lowest BCUT2D eigenvalue weighted by molar-refractivity contribution is -0.138. The Hall–Kier alpha value is -1.11. The van der Waals surface area contributed by atoms with Gasteiger partial charge < -0.3 is 20.3 Å². The molecule has 0 aromatic carbocycles. The molecule has 0 aliphatic carbocycles. The van der Waals surface area contributed by atoms with E-state index in [4.69, 9.17) is 4.74 Å². The standard InChI is InChI=1S/C13H23N3O3.ClH/c1-3-5-15-12(17)10-11-13(18)16(7-6-14-11)8-9-19-4-2;/h3,11,14H,1,4-10H2,2H3,(H,15,17);1H. The Labute approximate surface area is 126 Å². The summed E-state index contributed by atoms with van der Waals surface area (Å²) in [6, 6.07) is -0.430. The molecule has 1 saturated heterocycles. The van der Waals surface area contributed by atoms with Gasteiger partial charge in [-0.2, -0.15) is 0 Å². The molecule has 0 saturated carbocycles. The monoisotopic (exact) mass is 305 g/mol. The number of carbonyl (C=O) groups excluding carboxylic acids is 2. The Morgan fingerprint density at radius 3 is 3.05 bits per heavy atom. The second kappa shape index (κ2) is 10.7. The van der Waals surface area contributed by atoms with Gasteiger partial charge in [-0.25, -0.2) is 0 Å². The Balaban J connectivity index is 0.00000361. The molecule has 1 aliphatic heterocycles. The minimum atomic E-state index is -0.430. The predicted molar refractivity (Wildman–Crippen MR) is 79.9 cm³/mol. The maximum absolute atomic E-state index is 12.1. The quantitative estimate of drug-likeness (QED) is 0.487. The third kappa shape index (κ3) is 6.36. The highest BCUT2D eigenvalue weighted by molar-refractivity contribution is 5.88. The number of amides is 2. The summed E-state index contributed by atoms with van der Waals surface area (Å²) >= 11 is 0. The molecule has 0 aromatic heterocycles. The van der Waals surface area contributed by atoms with E-state index in [9.17, 15) is 9.59 Å². The van der Waals surface area contributed by atoms with Crippen LogP contribution in [0.1, 0.15) is 13.3 Å². The molecule has 0 spiro atoms. The number of ether oxygens (including phenoxy) is 1. The maximum atomic E-state index is 12.1. The third-order valence-electron chi connectivity index (χ3n) is 2.92. The first-order valence-electron chi connectivity index (χ1n) is 6.66. The fourth-order valence-electron chi connectivity index (χ4n) is 1.94. The topological polar surface area (TPSA) is 70.7 Å². The first kappa shape index (κ1) is 18.9. The lowest BCUT2D eigenvalue weighted by Crippen LogP contribution is -2.56. The number of carbonyl (C=O) groups is 2. The fourth-order valence-corrected chi connectivity index (χ4v) is 1.94. The van der Waals surface area contributed by atoms with E-state index in [0.717, 1.165) is 0 Å². The van der Waals surface area contributed by atoms with E-state index in [1.54, 1.807) is 11.0 Å². The molecular weight excluding hydrogens is 282 g/mol. The van der Waals surface area contributed by atoms with Crippen molar-refractivity contribution in [3.8, 4) is 0 Å². The Morgan fingerprint density at radius 2 is 2.40 bits per heavy atom. The molecule has 1 rings (SSSR count). The zero-order valence-corrected chi connectivity index (χ0v) is 12.7. The number of halogens is 1. The summed E-state index contributed by atoms with van der Waals surface area (Å²) in [6.45, 7) is 9.01. The largest absolute Gasteiger partial charge is 0.380 e. The van der Waals surface area contributed by atoms with Crippen LogP contribution < -0.4 is 10.6 Å². The molecule has 0 radical (unpaired) electrons. The van der Waals surface area contributed by atoms with Crippen molar-refractivity contribution in [3.05, 3.63) is 12.7 Å². The van der Waals surface area contributed by atoms with Crippen LogP contribution in [0.4, 0.5) is 0 Å². The average molecular weight is 306 g/mol. The van der Waals surface area contributed by atoms with Crippen LogP contribution in [0.5, 0.6) is 0 Å². The van der Waals surface area contributed by atoms with Crippen LogP contribution in [-0.4, -0.2) is 62.1 Å². The first-order valence-corrected chi connectivity index (χ1v) is 6.66. The number of piperazine rings is 1. The minimum absolute atomic E-state index is 0. The van der Waals surface area contributed by atoms with Gasteiger partial charge in [-0.3, -0.25) is 9.59 Å². The molecular formula is C13H24ClN3O3. The van der Waals surface area contributed by atoms with Crippen molar-refractivity contribution in [1.29, 1.82) is 0 Å². The molecule has 0 aromatic rings.